The molecule has 3 heteroatoms. The van der Waals surface area contributed by atoms with E-state index in [2.05, 4.69) is 0 Å². The van der Waals surface area contributed by atoms with Crippen molar-refractivity contribution in [1.29, 1.82) is 0 Å². The lowest BCUT2D eigenvalue weighted by Gasteiger charge is -2.32. The van der Waals surface area contributed by atoms with E-state index in [1.807, 2.05) is 83.1 Å². The smallest absolute Gasteiger partial charge is 0.0852 e. The molecular weight excluding hydrogens is 304 g/mol. The quantitative estimate of drug-likeness (QED) is 0.884. The molecular formula is C20H26O2S. The van der Waals surface area contributed by atoms with Crippen LogP contribution in [0.25, 0.3) is 0 Å². The van der Waals surface area contributed by atoms with Gasteiger partial charge in [0.15, 0.2) is 0 Å². The molecule has 2 nitrogen and oxygen atoms in total. The minimum atomic E-state index is -1.24. The second-order valence-corrected chi connectivity index (χ2v) is 8.67. The van der Waals surface area contributed by atoms with Crippen molar-refractivity contribution >= 4 is 10.8 Å². The van der Waals surface area contributed by atoms with Crippen LogP contribution in [0.15, 0.2) is 58.3 Å². The topological polar surface area (TPSA) is 37.3 Å². The van der Waals surface area contributed by atoms with Crippen molar-refractivity contribution in [3.05, 3.63) is 59.7 Å². The van der Waals surface area contributed by atoms with Crippen molar-refractivity contribution in [1.82, 2.24) is 0 Å². The maximum atomic E-state index is 13.0. The average molecular weight is 330 g/mol. The summed E-state index contributed by atoms with van der Waals surface area (Å²) in [6.07, 6.45) is -0.501. The second-order valence-electron chi connectivity index (χ2n) is 7.22. The number of aliphatic hydroxyl groups is 1. The first-order chi connectivity index (χ1) is 10.7. The third-order valence-electron chi connectivity index (χ3n) is 4.21. The summed E-state index contributed by atoms with van der Waals surface area (Å²) in [6.45, 7) is 10.1. The molecule has 0 bridgehead atoms. The first kappa shape index (κ1) is 17.9. The van der Waals surface area contributed by atoms with Crippen molar-refractivity contribution in [3.63, 3.8) is 0 Å². The van der Waals surface area contributed by atoms with Crippen molar-refractivity contribution in [2.45, 2.75) is 56.4 Å². The predicted octanol–water partition coefficient (Wildman–Crippen LogP) is 4.67. The van der Waals surface area contributed by atoms with Crippen LogP contribution >= 0.6 is 0 Å². The molecule has 2 aromatic rings. The van der Waals surface area contributed by atoms with Gasteiger partial charge in [-0.1, -0.05) is 63.6 Å². The standard InChI is InChI=1S/C20H26O2S/c1-14-10-12-16(13-11-14)23(22)18-9-7-6-8-17(18)15(2)19(21)20(3,4)5/h6-13,15,19,21H,1-5H3/t15-,19+,23?/m0/s1. The second kappa shape index (κ2) is 6.98. The zero-order chi connectivity index (χ0) is 17.2. The van der Waals surface area contributed by atoms with Gasteiger partial charge < -0.3 is 5.11 Å². The van der Waals surface area contributed by atoms with Crippen LogP contribution in [0.2, 0.25) is 0 Å². The minimum absolute atomic E-state index is 0.0828. The Hall–Kier alpha value is -1.45. The summed E-state index contributed by atoms with van der Waals surface area (Å²) in [6, 6.07) is 15.5. The molecule has 0 saturated carbocycles. The van der Waals surface area contributed by atoms with Gasteiger partial charge in [-0.2, -0.15) is 0 Å². The largest absolute Gasteiger partial charge is 0.392 e. The lowest BCUT2D eigenvalue weighted by molar-refractivity contribution is 0.0428. The molecule has 124 valence electrons. The molecule has 0 aliphatic carbocycles. The Kier molecular flexibility index (Phi) is 5.43. The van der Waals surface area contributed by atoms with Gasteiger partial charge >= 0.3 is 0 Å². The van der Waals surface area contributed by atoms with Crippen molar-refractivity contribution in [3.8, 4) is 0 Å². The fourth-order valence-electron chi connectivity index (χ4n) is 2.73. The SMILES string of the molecule is Cc1ccc(S(=O)c2ccccc2[C@H](C)[C@@H](O)C(C)(C)C)cc1. The van der Waals surface area contributed by atoms with Gasteiger partial charge in [0.2, 0.25) is 0 Å². The Balaban J connectivity index is 2.41. The Morgan fingerprint density at radius 2 is 1.57 bits per heavy atom. The van der Waals surface area contributed by atoms with E-state index in [0.29, 0.717) is 0 Å². The van der Waals surface area contributed by atoms with Crippen LogP contribution in [0.3, 0.4) is 0 Å². The molecule has 0 saturated heterocycles. The van der Waals surface area contributed by atoms with Crippen molar-refractivity contribution < 1.29 is 9.32 Å². The molecule has 1 unspecified atom stereocenters. The minimum Gasteiger partial charge on any atom is -0.392 e. The Bertz CT molecular complexity index is 684. The third kappa shape index (κ3) is 4.10. The summed E-state index contributed by atoms with van der Waals surface area (Å²) in [7, 11) is -1.24. The van der Waals surface area contributed by atoms with Gasteiger partial charge in [0.25, 0.3) is 0 Å². The highest BCUT2D eigenvalue weighted by Crippen LogP contribution is 2.35. The van der Waals surface area contributed by atoms with E-state index in [1.165, 1.54) is 0 Å². The monoisotopic (exact) mass is 330 g/mol. The van der Waals surface area contributed by atoms with E-state index in [9.17, 15) is 9.32 Å². The zero-order valence-corrected chi connectivity index (χ0v) is 15.4. The van der Waals surface area contributed by atoms with Gasteiger partial charge in [-0.3, -0.25) is 0 Å². The van der Waals surface area contributed by atoms with Gasteiger partial charge in [0, 0.05) is 15.7 Å². The number of hydrogen-bond donors (Lipinski definition) is 1. The maximum absolute atomic E-state index is 13.0. The summed E-state index contributed by atoms with van der Waals surface area (Å²) in [5, 5.41) is 10.6. The van der Waals surface area contributed by atoms with E-state index in [-0.39, 0.29) is 11.3 Å². The highest BCUT2D eigenvalue weighted by atomic mass is 32.2. The highest BCUT2D eigenvalue weighted by Gasteiger charge is 2.30. The Morgan fingerprint density at radius 3 is 2.13 bits per heavy atom. The van der Waals surface area contributed by atoms with E-state index in [1.54, 1.807) is 0 Å². The normalized spacial score (nSPS) is 15.9. The molecule has 0 fully saturated rings. The van der Waals surface area contributed by atoms with E-state index < -0.39 is 16.9 Å². The van der Waals surface area contributed by atoms with Crippen LogP contribution in [0.5, 0.6) is 0 Å². The molecule has 2 rings (SSSR count). The molecule has 0 aliphatic rings. The van der Waals surface area contributed by atoms with Crippen LogP contribution < -0.4 is 0 Å². The van der Waals surface area contributed by atoms with Crippen molar-refractivity contribution in [2.24, 2.45) is 5.41 Å². The molecule has 1 N–H and O–H groups in total. The molecule has 23 heavy (non-hydrogen) atoms. The molecule has 2 aromatic carbocycles. The fourth-order valence-corrected chi connectivity index (χ4v) is 4.04. The van der Waals surface area contributed by atoms with E-state index in [0.717, 1.165) is 20.9 Å². The van der Waals surface area contributed by atoms with Crippen LogP contribution in [0.1, 0.15) is 44.7 Å². The van der Waals surface area contributed by atoms with Gasteiger partial charge in [0.1, 0.15) is 0 Å². The summed E-state index contributed by atoms with van der Waals surface area (Å²) in [5.74, 6) is -0.0828. The molecule has 3 atom stereocenters. The third-order valence-corrected chi connectivity index (χ3v) is 5.68. The van der Waals surface area contributed by atoms with Gasteiger partial charge in [-0.25, -0.2) is 4.21 Å². The number of hydrogen-bond acceptors (Lipinski definition) is 2. The number of aliphatic hydroxyl groups excluding tert-OH is 1. The van der Waals surface area contributed by atoms with Crippen LogP contribution in [-0.2, 0) is 10.8 Å². The van der Waals surface area contributed by atoms with Crippen molar-refractivity contribution in [2.75, 3.05) is 0 Å². The first-order valence-corrected chi connectivity index (χ1v) is 9.12. The first-order valence-electron chi connectivity index (χ1n) is 7.97. The summed E-state index contributed by atoms with van der Waals surface area (Å²) < 4.78 is 13.0. The predicted molar refractivity (Wildman–Crippen MR) is 96.2 cm³/mol. The lowest BCUT2D eigenvalue weighted by atomic mass is 9.79. The van der Waals surface area contributed by atoms with Crippen LogP contribution in [0.4, 0.5) is 0 Å². The van der Waals surface area contributed by atoms with Gasteiger partial charge in [-0.15, -0.1) is 0 Å². The number of aryl methyl sites for hydroxylation is 1. The Labute approximate surface area is 142 Å². The summed E-state index contributed by atoms with van der Waals surface area (Å²) in [4.78, 5) is 1.58. The van der Waals surface area contributed by atoms with Gasteiger partial charge in [0.05, 0.1) is 16.9 Å². The highest BCUT2D eigenvalue weighted by molar-refractivity contribution is 7.85. The fraction of sp³-hybridized carbons (Fsp3) is 0.400. The lowest BCUT2D eigenvalue weighted by Crippen LogP contribution is -2.31. The number of benzene rings is 2. The average Bonchev–Trinajstić information content (AvgIpc) is 2.52. The van der Waals surface area contributed by atoms with E-state index in [4.69, 9.17) is 0 Å². The summed E-state index contributed by atoms with van der Waals surface area (Å²) >= 11 is 0. The van der Waals surface area contributed by atoms with Gasteiger partial charge in [-0.05, 0) is 36.1 Å². The van der Waals surface area contributed by atoms with Crippen LogP contribution in [0, 0.1) is 12.3 Å². The molecule has 0 spiro atoms. The van der Waals surface area contributed by atoms with Crippen LogP contribution in [-0.4, -0.2) is 15.4 Å². The summed E-state index contributed by atoms with van der Waals surface area (Å²) in [5.41, 5.74) is 1.88. The molecule has 0 amide bonds. The van der Waals surface area contributed by atoms with E-state index >= 15 is 0 Å². The molecule has 0 radical (unpaired) electrons. The molecule has 0 heterocycles. The molecule has 0 aliphatic heterocycles. The Morgan fingerprint density at radius 1 is 1.00 bits per heavy atom. The zero-order valence-electron chi connectivity index (χ0n) is 14.5. The maximum Gasteiger partial charge on any atom is 0.0852 e. The molecule has 0 aromatic heterocycles. The number of rotatable bonds is 4.